The number of carbonyl (C=O) groups excluding carboxylic acids is 2. The molecule has 2 fully saturated rings. The standard InChI is InChI=1S/C19H29N5O2/c1-14(2)17(25)22-16-7-4-10-23(13-16)18(26)15-6-3-11-24(12-15)19-20-8-5-9-21-19/h5,8-9,14-16H,3-4,6-7,10-13H2,1-2H3,(H,22,25)/t15-,16+/m1/s1. The molecule has 2 aliphatic rings. The van der Waals surface area contributed by atoms with E-state index in [9.17, 15) is 9.59 Å². The van der Waals surface area contributed by atoms with Gasteiger partial charge in [0.2, 0.25) is 17.8 Å². The predicted molar refractivity (Wildman–Crippen MR) is 99.6 cm³/mol. The summed E-state index contributed by atoms with van der Waals surface area (Å²) in [7, 11) is 0. The zero-order valence-corrected chi connectivity index (χ0v) is 15.7. The summed E-state index contributed by atoms with van der Waals surface area (Å²) < 4.78 is 0. The molecule has 0 radical (unpaired) electrons. The first-order valence-corrected chi connectivity index (χ1v) is 9.65. The molecule has 2 saturated heterocycles. The SMILES string of the molecule is CC(C)C(=O)N[C@H]1CCCN(C(=O)[C@@H]2CCCN(c3ncccn3)C2)C1. The number of anilines is 1. The van der Waals surface area contributed by atoms with Crippen LogP contribution in [0.1, 0.15) is 39.5 Å². The summed E-state index contributed by atoms with van der Waals surface area (Å²) in [5.74, 6) is 0.917. The summed E-state index contributed by atoms with van der Waals surface area (Å²) in [5, 5.41) is 3.08. The fourth-order valence-electron chi connectivity index (χ4n) is 3.74. The van der Waals surface area contributed by atoms with Crippen LogP contribution in [0.5, 0.6) is 0 Å². The van der Waals surface area contributed by atoms with Crippen molar-refractivity contribution in [3.05, 3.63) is 18.5 Å². The molecule has 3 heterocycles. The first-order valence-electron chi connectivity index (χ1n) is 9.65. The molecule has 0 bridgehead atoms. The van der Waals surface area contributed by atoms with E-state index in [1.165, 1.54) is 0 Å². The highest BCUT2D eigenvalue weighted by atomic mass is 16.2. The second kappa shape index (κ2) is 8.47. The molecular weight excluding hydrogens is 330 g/mol. The lowest BCUT2D eigenvalue weighted by molar-refractivity contribution is -0.138. The quantitative estimate of drug-likeness (QED) is 0.880. The first-order chi connectivity index (χ1) is 12.5. The number of rotatable bonds is 4. The van der Waals surface area contributed by atoms with Gasteiger partial charge < -0.3 is 15.1 Å². The van der Waals surface area contributed by atoms with E-state index in [1.54, 1.807) is 18.5 Å². The van der Waals surface area contributed by atoms with Gasteiger partial charge in [-0.2, -0.15) is 0 Å². The molecule has 2 atom stereocenters. The Bertz CT molecular complexity index is 622. The molecule has 0 aromatic carbocycles. The first kappa shape index (κ1) is 18.6. The zero-order chi connectivity index (χ0) is 18.5. The monoisotopic (exact) mass is 359 g/mol. The Morgan fingerprint density at radius 2 is 1.85 bits per heavy atom. The molecule has 26 heavy (non-hydrogen) atoms. The van der Waals surface area contributed by atoms with Gasteiger partial charge in [-0.1, -0.05) is 13.8 Å². The molecule has 1 aromatic heterocycles. The van der Waals surface area contributed by atoms with Crippen molar-refractivity contribution in [2.45, 2.75) is 45.6 Å². The summed E-state index contributed by atoms with van der Waals surface area (Å²) in [6.07, 6.45) is 7.22. The largest absolute Gasteiger partial charge is 0.351 e. The molecule has 2 amide bonds. The number of aromatic nitrogens is 2. The summed E-state index contributed by atoms with van der Waals surface area (Å²) >= 11 is 0. The van der Waals surface area contributed by atoms with Crippen molar-refractivity contribution >= 4 is 17.8 Å². The van der Waals surface area contributed by atoms with Gasteiger partial charge in [-0.15, -0.1) is 0 Å². The molecule has 7 heteroatoms. The number of nitrogens with zero attached hydrogens (tertiary/aromatic N) is 4. The van der Waals surface area contributed by atoms with Crippen LogP contribution in [0, 0.1) is 11.8 Å². The Kier molecular flexibility index (Phi) is 6.06. The third-order valence-corrected chi connectivity index (χ3v) is 5.21. The van der Waals surface area contributed by atoms with Gasteiger partial charge in [0.15, 0.2) is 0 Å². The average molecular weight is 359 g/mol. The van der Waals surface area contributed by atoms with Crippen LogP contribution in [0.25, 0.3) is 0 Å². The van der Waals surface area contributed by atoms with Gasteiger partial charge in [0.05, 0.1) is 5.92 Å². The van der Waals surface area contributed by atoms with Crippen molar-refractivity contribution < 1.29 is 9.59 Å². The second-order valence-electron chi connectivity index (χ2n) is 7.62. The highest BCUT2D eigenvalue weighted by Gasteiger charge is 2.33. The van der Waals surface area contributed by atoms with Crippen molar-refractivity contribution in [2.24, 2.45) is 11.8 Å². The van der Waals surface area contributed by atoms with Crippen molar-refractivity contribution in [1.82, 2.24) is 20.2 Å². The maximum absolute atomic E-state index is 13.0. The Balaban J connectivity index is 1.58. The van der Waals surface area contributed by atoms with Gasteiger partial charge >= 0.3 is 0 Å². The molecule has 7 nitrogen and oxygen atoms in total. The maximum Gasteiger partial charge on any atom is 0.227 e. The summed E-state index contributed by atoms with van der Waals surface area (Å²) in [5.41, 5.74) is 0. The lowest BCUT2D eigenvalue weighted by atomic mass is 9.95. The third kappa shape index (κ3) is 4.51. The molecule has 1 N–H and O–H groups in total. The summed E-state index contributed by atoms with van der Waals surface area (Å²) in [6.45, 7) is 6.75. The molecule has 142 valence electrons. The normalized spacial score (nSPS) is 23.8. The van der Waals surface area contributed by atoms with Crippen LogP contribution in [0.15, 0.2) is 18.5 Å². The van der Waals surface area contributed by atoms with E-state index in [2.05, 4.69) is 20.2 Å². The van der Waals surface area contributed by atoms with Crippen LogP contribution in [0.2, 0.25) is 0 Å². The topological polar surface area (TPSA) is 78.4 Å². The van der Waals surface area contributed by atoms with Crippen LogP contribution >= 0.6 is 0 Å². The Morgan fingerprint density at radius 3 is 2.58 bits per heavy atom. The summed E-state index contributed by atoms with van der Waals surface area (Å²) in [6, 6.07) is 1.87. The second-order valence-corrected chi connectivity index (χ2v) is 7.62. The molecule has 1 aromatic rings. The van der Waals surface area contributed by atoms with Crippen molar-refractivity contribution in [3.8, 4) is 0 Å². The number of piperidine rings is 2. The minimum absolute atomic E-state index is 0.0212. The van der Waals surface area contributed by atoms with Gasteiger partial charge in [-0.25, -0.2) is 9.97 Å². The van der Waals surface area contributed by atoms with Crippen LogP contribution in [-0.2, 0) is 9.59 Å². The van der Waals surface area contributed by atoms with Gasteiger partial charge in [0.25, 0.3) is 0 Å². The molecule has 0 saturated carbocycles. The number of carbonyl (C=O) groups is 2. The van der Waals surface area contributed by atoms with E-state index >= 15 is 0 Å². The number of amides is 2. The van der Waals surface area contributed by atoms with Gasteiger partial charge in [0, 0.05) is 50.5 Å². The third-order valence-electron chi connectivity index (χ3n) is 5.21. The Morgan fingerprint density at radius 1 is 1.12 bits per heavy atom. The van der Waals surface area contributed by atoms with E-state index in [4.69, 9.17) is 0 Å². The predicted octanol–water partition coefficient (Wildman–Crippen LogP) is 1.46. The number of hydrogen-bond donors (Lipinski definition) is 1. The lowest BCUT2D eigenvalue weighted by Crippen LogP contribution is -2.53. The molecule has 3 rings (SSSR count). The van der Waals surface area contributed by atoms with E-state index < -0.39 is 0 Å². The van der Waals surface area contributed by atoms with Crippen LogP contribution < -0.4 is 10.2 Å². The molecule has 0 unspecified atom stereocenters. The average Bonchev–Trinajstić information content (AvgIpc) is 2.68. The minimum Gasteiger partial charge on any atom is -0.351 e. The van der Waals surface area contributed by atoms with E-state index in [1.807, 2.05) is 18.7 Å². The smallest absolute Gasteiger partial charge is 0.227 e. The van der Waals surface area contributed by atoms with Gasteiger partial charge in [0.1, 0.15) is 0 Å². The fourth-order valence-corrected chi connectivity index (χ4v) is 3.74. The number of hydrogen-bond acceptors (Lipinski definition) is 5. The van der Waals surface area contributed by atoms with Gasteiger partial charge in [-0.3, -0.25) is 9.59 Å². The highest BCUT2D eigenvalue weighted by Crippen LogP contribution is 2.23. The number of nitrogens with one attached hydrogen (secondary N) is 1. The summed E-state index contributed by atoms with van der Waals surface area (Å²) in [4.78, 5) is 37.7. The van der Waals surface area contributed by atoms with Gasteiger partial charge in [-0.05, 0) is 31.7 Å². The van der Waals surface area contributed by atoms with Crippen LogP contribution in [0.3, 0.4) is 0 Å². The Hall–Kier alpha value is -2.18. The fraction of sp³-hybridized carbons (Fsp3) is 0.684. The van der Waals surface area contributed by atoms with Crippen LogP contribution in [-0.4, -0.2) is 58.9 Å². The Labute approximate surface area is 155 Å². The molecular formula is C19H29N5O2. The van der Waals surface area contributed by atoms with Crippen molar-refractivity contribution in [1.29, 1.82) is 0 Å². The maximum atomic E-state index is 13.0. The zero-order valence-electron chi connectivity index (χ0n) is 15.7. The van der Waals surface area contributed by atoms with E-state index in [0.29, 0.717) is 19.0 Å². The lowest BCUT2D eigenvalue weighted by Gasteiger charge is -2.38. The van der Waals surface area contributed by atoms with E-state index in [-0.39, 0.29) is 29.7 Å². The minimum atomic E-state index is -0.0288. The highest BCUT2D eigenvalue weighted by molar-refractivity contribution is 5.80. The molecule has 0 spiro atoms. The van der Waals surface area contributed by atoms with Crippen LogP contribution in [0.4, 0.5) is 5.95 Å². The molecule has 2 aliphatic heterocycles. The number of likely N-dealkylation sites (tertiary alicyclic amines) is 1. The van der Waals surface area contributed by atoms with Crippen molar-refractivity contribution in [2.75, 3.05) is 31.1 Å². The van der Waals surface area contributed by atoms with Crippen molar-refractivity contribution in [3.63, 3.8) is 0 Å². The molecule has 0 aliphatic carbocycles. The van der Waals surface area contributed by atoms with E-state index in [0.717, 1.165) is 38.8 Å².